The first-order valence-electron chi connectivity index (χ1n) is 6.05. The molecule has 1 aliphatic rings. The molecule has 1 aromatic heterocycles. The highest BCUT2D eigenvalue weighted by Gasteiger charge is 2.15. The van der Waals surface area contributed by atoms with Crippen molar-refractivity contribution in [1.82, 2.24) is 9.88 Å². The normalized spacial score (nSPS) is 14.9. The summed E-state index contributed by atoms with van der Waals surface area (Å²) in [6, 6.07) is 3.22. The van der Waals surface area contributed by atoms with Gasteiger partial charge in [0.05, 0.1) is 5.02 Å². The van der Waals surface area contributed by atoms with Gasteiger partial charge in [0.25, 0.3) is 0 Å². The molecule has 0 atom stereocenters. The number of hydrogen-bond donors (Lipinski definition) is 1. The molecule has 2 rings (SSSR count). The predicted octanol–water partition coefficient (Wildman–Crippen LogP) is 1.85. The number of amides is 2. The van der Waals surface area contributed by atoms with E-state index in [-0.39, 0.29) is 11.8 Å². The van der Waals surface area contributed by atoms with E-state index < -0.39 is 0 Å². The quantitative estimate of drug-likeness (QED) is 0.859. The first-order chi connectivity index (χ1) is 9.15. The third kappa shape index (κ3) is 4.06. The monoisotopic (exact) mass is 279 g/mol. The zero-order valence-electron chi connectivity index (χ0n) is 10.3. The Kier molecular flexibility index (Phi) is 4.52. The Morgan fingerprint density at radius 1 is 1.26 bits per heavy atom. The van der Waals surface area contributed by atoms with E-state index in [0.717, 1.165) is 25.9 Å². The van der Waals surface area contributed by atoms with Gasteiger partial charge in [0.15, 0.2) is 0 Å². The molecule has 19 heavy (non-hydrogen) atoms. The van der Waals surface area contributed by atoms with Crippen molar-refractivity contribution in [1.29, 1.82) is 0 Å². The first kappa shape index (κ1) is 13.5. The molecule has 2 amide bonds. The number of likely N-dealkylation sites (tertiary alicyclic amines) is 1. The lowest BCUT2D eigenvalue weighted by atomic mass is 10.4. The molecule has 1 saturated heterocycles. The molecule has 0 bridgehead atoms. The number of rotatable bonds is 3. The number of pyridine rings is 1. The summed E-state index contributed by atoms with van der Waals surface area (Å²) >= 11 is 5.68. The van der Waals surface area contributed by atoms with E-state index in [4.69, 9.17) is 11.6 Å². The van der Waals surface area contributed by atoms with E-state index in [1.54, 1.807) is 17.0 Å². The van der Waals surface area contributed by atoms with Crippen LogP contribution in [-0.2, 0) is 9.59 Å². The molecule has 0 aromatic carbocycles. The molecule has 2 heterocycles. The first-order valence-corrected chi connectivity index (χ1v) is 6.42. The third-order valence-electron chi connectivity index (χ3n) is 2.77. The summed E-state index contributed by atoms with van der Waals surface area (Å²) in [4.78, 5) is 28.9. The Bertz CT molecular complexity index is 493. The average molecular weight is 280 g/mol. The zero-order valence-corrected chi connectivity index (χ0v) is 11.1. The van der Waals surface area contributed by atoms with Crippen molar-refractivity contribution in [3.8, 4) is 0 Å². The van der Waals surface area contributed by atoms with E-state index in [1.807, 2.05) is 0 Å². The smallest absolute Gasteiger partial charge is 0.249 e. The van der Waals surface area contributed by atoms with Crippen molar-refractivity contribution < 1.29 is 9.59 Å². The maximum absolute atomic E-state index is 11.7. The molecule has 5 nitrogen and oxygen atoms in total. The van der Waals surface area contributed by atoms with E-state index in [2.05, 4.69) is 10.3 Å². The van der Waals surface area contributed by atoms with Crippen molar-refractivity contribution in [2.24, 2.45) is 0 Å². The zero-order chi connectivity index (χ0) is 13.7. The highest BCUT2D eigenvalue weighted by Crippen LogP contribution is 2.10. The topological polar surface area (TPSA) is 62.3 Å². The summed E-state index contributed by atoms with van der Waals surface area (Å²) in [6.45, 7) is 1.53. The van der Waals surface area contributed by atoms with Gasteiger partial charge < -0.3 is 10.2 Å². The van der Waals surface area contributed by atoms with E-state index in [0.29, 0.717) is 10.8 Å². The van der Waals surface area contributed by atoms with Crippen molar-refractivity contribution in [2.75, 3.05) is 18.4 Å². The van der Waals surface area contributed by atoms with E-state index >= 15 is 0 Å². The lowest BCUT2D eigenvalue weighted by Crippen LogP contribution is -2.26. The lowest BCUT2D eigenvalue weighted by molar-refractivity contribution is -0.125. The van der Waals surface area contributed by atoms with Crippen LogP contribution in [0.1, 0.15) is 12.8 Å². The molecular weight excluding hydrogens is 266 g/mol. The fourth-order valence-electron chi connectivity index (χ4n) is 1.81. The van der Waals surface area contributed by atoms with E-state index in [1.165, 1.54) is 18.3 Å². The Balaban J connectivity index is 1.86. The summed E-state index contributed by atoms with van der Waals surface area (Å²) < 4.78 is 0. The summed E-state index contributed by atoms with van der Waals surface area (Å²) in [6.07, 6.45) is 6.00. The minimum atomic E-state index is -0.387. The minimum absolute atomic E-state index is 0.128. The summed E-state index contributed by atoms with van der Waals surface area (Å²) in [7, 11) is 0. The minimum Gasteiger partial charge on any atom is -0.339 e. The highest BCUT2D eigenvalue weighted by molar-refractivity contribution is 6.30. The Morgan fingerprint density at radius 2 is 2.00 bits per heavy atom. The van der Waals surface area contributed by atoms with Crippen LogP contribution < -0.4 is 5.32 Å². The molecule has 1 N–H and O–H groups in total. The number of carbonyl (C=O) groups is 2. The molecular formula is C13H14ClN3O2. The fourth-order valence-corrected chi connectivity index (χ4v) is 1.92. The van der Waals surface area contributed by atoms with Gasteiger partial charge in [-0.15, -0.1) is 0 Å². The number of carbonyl (C=O) groups excluding carboxylic acids is 2. The van der Waals surface area contributed by atoms with Crippen LogP contribution in [-0.4, -0.2) is 34.8 Å². The summed E-state index contributed by atoms with van der Waals surface area (Å²) in [5, 5.41) is 3.05. The van der Waals surface area contributed by atoms with Gasteiger partial charge in [-0.3, -0.25) is 9.59 Å². The number of anilines is 1. The maximum Gasteiger partial charge on any atom is 0.249 e. The predicted molar refractivity (Wildman–Crippen MR) is 72.8 cm³/mol. The Morgan fingerprint density at radius 3 is 2.63 bits per heavy atom. The highest BCUT2D eigenvalue weighted by atomic mass is 35.5. The second kappa shape index (κ2) is 6.33. The summed E-state index contributed by atoms with van der Waals surface area (Å²) in [5.74, 6) is -0.119. The molecule has 0 saturated carbocycles. The lowest BCUT2D eigenvalue weighted by Gasteiger charge is -2.11. The van der Waals surface area contributed by atoms with Crippen LogP contribution in [0, 0.1) is 0 Å². The van der Waals surface area contributed by atoms with Gasteiger partial charge in [-0.25, -0.2) is 4.98 Å². The molecule has 1 fully saturated rings. The number of nitrogens with zero attached hydrogens (tertiary/aromatic N) is 2. The standard InChI is InChI=1S/C13H14ClN3O2/c14-10-3-4-11(15-9-10)16-12(18)5-6-13(19)17-7-1-2-8-17/h3-6,9H,1-2,7-8H2,(H,15,16,18). The molecule has 0 spiro atoms. The number of aromatic nitrogens is 1. The van der Waals surface area contributed by atoms with Gasteiger partial charge >= 0.3 is 0 Å². The number of hydrogen-bond acceptors (Lipinski definition) is 3. The van der Waals surface area contributed by atoms with Gasteiger partial charge in [-0.05, 0) is 25.0 Å². The van der Waals surface area contributed by atoms with Crippen LogP contribution in [0.15, 0.2) is 30.5 Å². The van der Waals surface area contributed by atoms with Crippen molar-refractivity contribution in [3.05, 3.63) is 35.5 Å². The van der Waals surface area contributed by atoms with Gasteiger partial charge in [0.2, 0.25) is 11.8 Å². The molecule has 0 aliphatic carbocycles. The van der Waals surface area contributed by atoms with Gasteiger partial charge in [0.1, 0.15) is 5.82 Å². The van der Waals surface area contributed by atoms with Crippen molar-refractivity contribution in [2.45, 2.75) is 12.8 Å². The van der Waals surface area contributed by atoms with Gasteiger partial charge in [-0.1, -0.05) is 11.6 Å². The van der Waals surface area contributed by atoms with Crippen LogP contribution in [0.2, 0.25) is 5.02 Å². The van der Waals surface area contributed by atoms with E-state index in [9.17, 15) is 9.59 Å². The second-order valence-corrected chi connectivity index (χ2v) is 4.65. The van der Waals surface area contributed by atoms with Gasteiger partial charge in [0, 0.05) is 31.4 Å². The SMILES string of the molecule is O=C(C=CC(=O)N1CCCC1)Nc1ccc(Cl)cn1. The van der Waals surface area contributed by atoms with Crippen molar-refractivity contribution in [3.63, 3.8) is 0 Å². The summed E-state index contributed by atoms with van der Waals surface area (Å²) in [5.41, 5.74) is 0. The third-order valence-corrected chi connectivity index (χ3v) is 3.00. The number of halogens is 1. The fraction of sp³-hybridized carbons (Fsp3) is 0.308. The molecule has 1 aromatic rings. The molecule has 6 heteroatoms. The van der Waals surface area contributed by atoms with Crippen LogP contribution in [0.5, 0.6) is 0 Å². The molecule has 0 unspecified atom stereocenters. The molecule has 100 valence electrons. The number of nitrogens with one attached hydrogen (secondary N) is 1. The Labute approximate surface area is 116 Å². The molecule has 1 aliphatic heterocycles. The average Bonchev–Trinajstić information content (AvgIpc) is 2.93. The van der Waals surface area contributed by atoms with Gasteiger partial charge in [-0.2, -0.15) is 0 Å². The second-order valence-electron chi connectivity index (χ2n) is 4.22. The van der Waals surface area contributed by atoms with Crippen molar-refractivity contribution >= 4 is 29.2 Å². The largest absolute Gasteiger partial charge is 0.339 e. The maximum atomic E-state index is 11.7. The van der Waals surface area contributed by atoms with Crippen LogP contribution in [0.3, 0.4) is 0 Å². The van der Waals surface area contributed by atoms with Crippen LogP contribution in [0.4, 0.5) is 5.82 Å². The Hall–Kier alpha value is -1.88. The molecule has 0 radical (unpaired) electrons. The van der Waals surface area contributed by atoms with Crippen LogP contribution >= 0.6 is 11.6 Å². The van der Waals surface area contributed by atoms with Crippen LogP contribution in [0.25, 0.3) is 0 Å².